The molecular weight excluding hydrogens is 252 g/mol. The second-order valence-corrected chi connectivity index (χ2v) is 4.77. The van der Waals surface area contributed by atoms with Crippen molar-refractivity contribution in [3.63, 3.8) is 0 Å². The van der Waals surface area contributed by atoms with Gasteiger partial charge in [-0.1, -0.05) is 0 Å². The van der Waals surface area contributed by atoms with Crippen molar-refractivity contribution in [3.8, 4) is 0 Å². The highest BCUT2D eigenvalue weighted by Gasteiger charge is 2.21. The standard InChI is InChI=1S/C12H20N4O.ClH/c1-9(2)16-11(5-8-14-16)15-12(17)10-3-6-13-7-4-10;/h5,8-10,13H,3-4,6-7H2,1-2H3,(H,15,17);1H. The van der Waals surface area contributed by atoms with Crippen molar-refractivity contribution in [2.24, 2.45) is 5.92 Å². The van der Waals surface area contributed by atoms with Crippen LogP contribution in [0.3, 0.4) is 0 Å². The molecule has 1 amide bonds. The van der Waals surface area contributed by atoms with E-state index in [1.807, 2.05) is 24.6 Å². The first-order valence-corrected chi connectivity index (χ1v) is 6.23. The lowest BCUT2D eigenvalue weighted by atomic mass is 9.97. The Hall–Kier alpha value is -1.07. The molecule has 6 heteroatoms. The van der Waals surface area contributed by atoms with Crippen LogP contribution >= 0.6 is 12.4 Å². The van der Waals surface area contributed by atoms with Gasteiger partial charge in [0.2, 0.25) is 5.91 Å². The van der Waals surface area contributed by atoms with Crippen LogP contribution in [0.25, 0.3) is 0 Å². The smallest absolute Gasteiger partial charge is 0.228 e. The predicted molar refractivity (Wildman–Crippen MR) is 74.1 cm³/mol. The van der Waals surface area contributed by atoms with Gasteiger partial charge in [0, 0.05) is 18.0 Å². The van der Waals surface area contributed by atoms with Crippen molar-refractivity contribution in [3.05, 3.63) is 12.3 Å². The normalized spacial score (nSPS) is 16.4. The second kappa shape index (κ2) is 6.75. The van der Waals surface area contributed by atoms with E-state index in [1.165, 1.54) is 0 Å². The van der Waals surface area contributed by atoms with Crippen LogP contribution in [0, 0.1) is 5.92 Å². The summed E-state index contributed by atoms with van der Waals surface area (Å²) in [5.41, 5.74) is 0. The van der Waals surface area contributed by atoms with Crippen molar-refractivity contribution in [2.75, 3.05) is 18.4 Å². The van der Waals surface area contributed by atoms with Gasteiger partial charge < -0.3 is 10.6 Å². The zero-order valence-corrected chi connectivity index (χ0v) is 11.7. The van der Waals surface area contributed by atoms with Crippen LogP contribution in [-0.2, 0) is 4.79 Å². The summed E-state index contributed by atoms with van der Waals surface area (Å²) in [7, 11) is 0. The molecule has 5 nitrogen and oxygen atoms in total. The van der Waals surface area contributed by atoms with Crippen molar-refractivity contribution in [2.45, 2.75) is 32.7 Å². The van der Waals surface area contributed by atoms with Crippen LogP contribution < -0.4 is 10.6 Å². The molecule has 1 aliphatic heterocycles. The fraction of sp³-hybridized carbons (Fsp3) is 0.667. The summed E-state index contributed by atoms with van der Waals surface area (Å²) in [6.45, 7) is 5.96. The first-order valence-electron chi connectivity index (χ1n) is 6.23. The molecule has 2 N–H and O–H groups in total. The Labute approximate surface area is 114 Å². The molecule has 18 heavy (non-hydrogen) atoms. The van der Waals surface area contributed by atoms with Crippen LogP contribution in [0.15, 0.2) is 12.3 Å². The minimum Gasteiger partial charge on any atom is -0.317 e. The van der Waals surface area contributed by atoms with Gasteiger partial charge in [-0.15, -0.1) is 12.4 Å². The lowest BCUT2D eigenvalue weighted by Gasteiger charge is -2.22. The molecule has 0 radical (unpaired) electrons. The second-order valence-electron chi connectivity index (χ2n) is 4.77. The number of hydrogen-bond acceptors (Lipinski definition) is 3. The summed E-state index contributed by atoms with van der Waals surface area (Å²) in [6, 6.07) is 2.10. The highest BCUT2D eigenvalue weighted by Crippen LogP contribution is 2.17. The Bertz CT molecular complexity index is 385. The first-order chi connectivity index (χ1) is 8.18. The molecule has 0 spiro atoms. The molecule has 2 heterocycles. The van der Waals surface area contributed by atoms with Crippen LogP contribution in [0.5, 0.6) is 0 Å². The van der Waals surface area contributed by atoms with Gasteiger partial charge in [-0.25, -0.2) is 4.68 Å². The fourth-order valence-electron chi connectivity index (χ4n) is 2.14. The minimum atomic E-state index is 0. The zero-order valence-electron chi connectivity index (χ0n) is 10.8. The molecule has 0 aliphatic carbocycles. The van der Waals surface area contributed by atoms with E-state index >= 15 is 0 Å². The van der Waals surface area contributed by atoms with Gasteiger partial charge in [0.15, 0.2) is 0 Å². The molecule has 2 rings (SSSR count). The maximum Gasteiger partial charge on any atom is 0.228 e. The molecule has 1 aromatic rings. The number of anilines is 1. The van der Waals surface area contributed by atoms with E-state index in [4.69, 9.17) is 0 Å². The van der Waals surface area contributed by atoms with E-state index in [-0.39, 0.29) is 30.3 Å². The summed E-state index contributed by atoms with van der Waals surface area (Å²) in [6.07, 6.45) is 3.56. The fourth-order valence-corrected chi connectivity index (χ4v) is 2.14. The molecule has 1 aliphatic rings. The Kier molecular flexibility index (Phi) is 5.62. The number of nitrogens with one attached hydrogen (secondary N) is 2. The Morgan fingerprint density at radius 1 is 1.50 bits per heavy atom. The maximum atomic E-state index is 12.1. The first kappa shape index (κ1) is 15.0. The average molecular weight is 273 g/mol. The minimum absolute atomic E-state index is 0. The molecule has 102 valence electrons. The Morgan fingerprint density at radius 3 is 2.78 bits per heavy atom. The van der Waals surface area contributed by atoms with Crippen molar-refractivity contribution < 1.29 is 4.79 Å². The number of carbonyl (C=O) groups is 1. The van der Waals surface area contributed by atoms with Crippen LogP contribution in [-0.4, -0.2) is 28.8 Å². The number of halogens is 1. The summed E-state index contributed by atoms with van der Waals surface area (Å²) in [5.74, 6) is 1.05. The van der Waals surface area contributed by atoms with Gasteiger partial charge in [-0.3, -0.25) is 4.79 Å². The summed E-state index contributed by atoms with van der Waals surface area (Å²) >= 11 is 0. The molecule has 0 bridgehead atoms. The van der Waals surface area contributed by atoms with E-state index in [0.717, 1.165) is 31.7 Å². The van der Waals surface area contributed by atoms with Crippen molar-refractivity contribution in [1.82, 2.24) is 15.1 Å². The van der Waals surface area contributed by atoms with Gasteiger partial charge in [0.05, 0.1) is 6.20 Å². The Morgan fingerprint density at radius 2 is 2.17 bits per heavy atom. The van der Waals surface area contributed by atoms with E-state index < -0.39 is 0 Å². The summed E-state index contributed by atoms with van der Waals surface area (Å²) in [4.78, 5) is 12.1. The molecule has 0 atom stereocenters. The molecule has 1 aromatic heterocycles. The third-order valence-corrected chi connectivity index (χ3v) is 3.12. The van der Waals surface area contributed by atoms with E-state index in [2.05, 4.69) is 15.7 Å². The topological polar surface area (TPSA) is 59.0 Å². The number of rotatable bonds is 3. The monoisotopic (exact) mass is 272 g/mol. The average Bonchev–Trinajstić information content (AvgIpc) is 2.78. The van der Waals surface area contributed by atoms with Gasteiger partial charge in [0.1, 0.15) is 5.82 Å². The van der Waals surface area contributed by atoms with Crippen molar-refractivity contribution in [1.29, 1.82) is 0 Å². The van der Waals surface area contributed by atoms with Crippen LogP contribution in [0.2, 0.25) is 0 Å². The molecular formula is C12H21ClN4O. The van der Waals surface area contributed by atoms with E-state index in [0.29, 0.717) is 0 Å². The van der Waals surface area contributed by atoms with E-state index in [9.17, 15) is 4.79 Å². The number of nitrogens with zero attached hydrogens (tertiary/aromatic N) is 2. The Balaban J connectivity index is 0.00000162. The van der Waals surface area contributed by atoms with Crippen LogP contribution in [0.1, 0.15) is 32.7 Å². The lowest BCUT2D eigenvalue weighted by Crippen LogP contribution is -2.35. The third kappa shape index (κ3) is 3.46. The maximum absolute atomic E-state index is 12.1. The zero-order chi connectivity index (χ0) is 12.3. The number of piperidine rings is 1. The third-order valence-electron chi connectivity index (χ3n) is 3.12. The largest absolute Gasteiger partial charge is 0.317 e. The molecule has 0 unspecified atom stereocenters. The number of aromatic nitrogens is 2. The number of amides is 1. The highest BCUT2D eigenvalue weighted by atomic mass is 35.5. The predicted octanol–water partition coefficient (Wildman–Crippen LogP) is 1.82. The SMILES string of the molecule is CC(C)n1nccc1NC(=O)C1CCNCC1.Cl. The van der Waals surface area contributed by atoms with E-state index in [1.54, 1.807) is 6.20 Å². The highest BCUT2D eigenvalue weighted by molar-refractivity contribution is 5.91. The number of hydrogen-bond donors (Lipinski definition) is 2. The van der Waals surface area contributed by atoms with Crippen LogP contribution in [0.4, 0.5) is 5.82 Å². The van der Waals surface area contributed by atoms with Gasteiger partial charge in [0.25, 0.3) is 0 Å². The molecule has 0 aromatic carbocycles. The number of carbonyl (C=O) groups excluding carboxylic acids is 1. The molecule has 0 saturated carbocycles. The molecule has 1 saturated heterocycles. The van der Waals surface area contributed by atoms with Gasteiger partial charge in [-0.2, -0.15) is 5.10 Å². The molecule has 1 fully saturated rings. The summed E-state index contributed by atoms with van der Waals surface area (Å²) in [5, 5.41) is 10.4. The lowest BCUT2D eigenvalue weighted by molar-refractivity contribution is -0.120. The van der Waals surface area contributed by atoms with Gasteiger partial charge in [-0.05, 0) is 39.8 Å². The quantitative estimate of drug-likeness (QED) is 0.883. The summed E-state index contributed by atoms with van der Waals surface area (Å²) < 4.78 is 1.83. The van der Waals surface area contributed by atoms with Gasteiger partial charge >= 0.3 is 0 Å². The van der Waals surface area contributed by atoms with Crippen molar-refractivity contribution >= 4 is 24.1 Å².